The van der Waals surface area contributed by atoms with E-state index in [1.165, 1.54) is 18.2 Å². The van der Waals surface area contributed by atoms with E-state index in [-0.39, 0.29) is 36.4 Å². The van der Waals surface area contributed by atoms with Crippen LogP contribution in [0.2, 0.25) is 0 Å². The van der Waals surface area contributed by atoms with Crippen molar-refractivity contribution in [3.63, 3.8) is 0 Å². The van der Waals surface area contributed by atoms with Crippen LogP contribution in [0, 0.1) is 36.2 Å². The summed E-state index contributed by atoms with van der Waals surface area (Å²) >= 11 is 0. The zero-order valence-electron chi connectivity index (χ0n) is 18.5. The van der Waals surface area contributed by atoms with E-state index < -0.39 is 5.82 Å². The molecule has 1 aliphatic rings. The number of nitrogens with one attached hydrogen (secondary N) is 2. The molecule has 0 spiro atoms. The van der Waals surface area contributed by atoms with E-state index >= 15 is 0 Å². The molecule has 0 unspecified atom stereocenters. The fraction of sp³-hybridized carbons (Fsp3) is 0.240. The number of allylic oxidation sites excluding steroid dienone is 1. The Morgan fingerprint density at radius 1 is 1.44 bits per heavy atom. The summed E-state index contributed by atoms with van der Waals surface area (Å²) in [4.78, 5) is 12.3. The Balaban J connectivity index is 0.000000480. The molecule has 3 rings (SSSR count). The Bertz CT molecular complexity index is 949. The molecular weight excluding hydrogens is 400 g/mol. The Morgan fingerprint density at radius 3 is 2.72 bits per heavy atom. The fourth-order valence-electron chi connectivity index (χ4n) is 2.78. The molecule has 2 N–H and O–H groups in total. The molecule has 2 aromatic rings. The topological polar surface area (TPSA) is 74.1 Å². The van der Waals surface area contributed by atoms with Gasteiger partial charge in [-0.15, -0.1) is 42.0 Å². The Hall–Kier alpha value is -2.83. The van der Waals surface area contributed by atoms with Gasteiger partial charge in [-0.05, 0) is 18.5 Å². The van der Waals surface area contributed by atoms with Crippen LogP contribution >= 0.6 is 0 Å². The fourth-order valence-corrected chi connectivity index (χ4v) is 2.78. The quantitative estimate of drug-likeness (QED) is 0.307. The van der Waals surface area contributed by atoms with Gasteiger partial charge in [0.2, 0.25) is 5.91 Å². The molecule has 1 atom stereocenters. The van der Waals surface area contributed by atoms with Gasteiger partial charge in [-0.25, -0.2) is 4.39 Å². The third-order valence-corrected chi connectivity index (χ3v) is 4.43. The number of amides is 1. The Labute approximate surface area is 201 Å². The van der Waals surface area contributed by atoms with Gasteiger partial charge in [-0.2, -0.15) is 29.9 Å². The molecule has 2 aromatic carbocycles. The maximum atomic E-state index is 13.6. The van der Waals surface area contributed by atoms with Gasteiger partial charge in [-0.1, -0.05) is 12.1 Å². The molecule has 0 aliphatic carbocycles. The van der Waals surface area contributed by atoms with Crippen LogP contribution in [-0.2, 0) is 4.79 Å². The van der Waals surface area contributed by atoms with Crippen molar-refractivity contribution in [2.24, 2.45) is 0 Å². The summed E-state index contributed by atoms with van der Waals surface area (Å²) in [5, 5.41) is 14.8. The molecule has 1 amide bonds. The van der Waals surface area contributed by atoms with Crippen molar-refractivity contribution in [2.75, 3.05) is 20.2 Å². The normalized spacial score (nSPS) is 15.2. The first-order valence-corrected chi connectivity index (χ1v) is 9.88. The minimum atomic E-state index is -0.602. The third kappa shape index (κ3) is 9.12. The van der Waals surface area contributed by atoms with Crippen molar-refractivity contribution in [3.8, 4) is 11.8 Å². The van der Waals surface area contributed by atoms with Gasteiger partial charge >= 0.3 is 18.9 Å². The average Bonchev–Trinajstić information content (AvgIpc) is 3.30. The SMILES string of the molecule is COc1cc[c-]cc1.[CH2-]C/C=C(\C=[C-]c1ccc(C#N)c(F)c1)C(=O)N[C@@H]1CCNC1.[Li+]. The van der Waals surface area contributed by atoms with E-state index in [0.29, 0.717) is 17.6 Å². The second-order valence-corrected chi connectivity index (χ2v) is 6.65. The first kappa shape index (κ1) is 27.2. The number of carbonyl (C=O) groups is 1. The number of nitriles is 1. The molecule has 32 heavy (non-hydrogen) atoms. The Morgan fingerprint density at radius 2 is 2.19 bits per heavy atom. The number of halogens is 1. The van der Waals surface area contributed by atoms with E-state index in [9.17, 15) is 9.18 Å². The molecule has 1 aliphatic heterocycles. The van der Waals surface area contributed by atoms with Crippen LogP contribution < -0.4 is 34.2 Å². The van der Waals surface area contributed by atoms with Crippen molar-refractivity contribution < 1.29 is 32.8 Å². The summed E-state index contributed by atoms with van der Waals surface area (Å²) < 4.78 is 18.5. The molecule has 0 bridgehead atoms. The van der Waals surface area contributed by atoms with Gasteiger partial charge in [0.1, 0.15) is 6.07 Å². The minimum Gasteiger partial charge on any atom is -0.522 e. The minimum absolute atomic E-state index is 0. The second kappa shape index (κ2) is 15.0. The molecule has 1 fully saturated rings. The van der Waals surface area contributed by atoms with Crippen molar-refractivity contribution in [3.05, 3.63) is 96.2 Å². The molecule has 5 nitrogen and oxygen atoms in total. The number of hydrogen-bond acceptors (Lipinski definition) is 4. The van der Waals surface area contributed by atoms with E-state index in [1.54, 1.807) is 25.3 Å². The van der Waals surface area contributed by atoms with Gasteiger partial charge in [0, 0.05) is 18.3 Å². The van der Waals surface area contributed by atoms with E-state index in [1.807, 2.05) is 24.3 Å². The predicted octanol–water partition coefficient (Wildman–Crippen LogP) is 0.533. The number of rotatable bonds is 6. The molecule has 7 heteroatoms. The zero-order valence-corrected chi connectivity index (χ0v) is 18.5. The molecule has 1 heterocycles. The van der Waals surface area contributed by atoms with E-state index in [4.69, 9.17) is 10.00 Å². The van der Waals surface area contributed by atoms with Crippen LogP contribution in [0.4, 0.5) is 4.39 Å². The Kier molecular flexibility index (Phi) is 12.8. The second-order valence-electron chi connectivity index (χ2n) is 6.65. The molecular formula is C25H25FLiN3O2-2. The molecule has 0 radical (unpaired) electrons. The molecule has 0 aromatic heterocycles. The predicted molar refractivity (Wildman–Crippen MR) is 117 cm³/mol. The van der Waals surface area contributed by atoms with Crippen LogP contribution in [-0.4, -0.2) is 32.1 Å². The largest absolute Gasteiger partial charge is 1.00 e. The third-order valence-electron chi connectivity index (χ3n) is 4.43. The maximum absolute atomic E-state index is 13.6. The molecule has 162 valence electrons. The van der Waals surface area contributed by atoms with Gasteiger partial charge < -0.3 is 22.3 Å². The standard InChI is InChI=1S/C18H18FN3O.C7H7O.Li/c1-2-3-14(18(23)22-16-8-9-21-12-16)6-4-13-5-7-15(11-20)17(19)10-13;1-8-7-5-3-2-4-6-7;/h3,5-7,10,16,21H,1-2,8-9,12H2,(H,22,23);3-6H,1H3;/q-2;-1;+1/b14-3+;;/t16-;;/m1../s1. The number of carbonyl (C=O) groups excluding carboxylic acids is 1. The van der Waals surface area contributed by atoms with Crippen molar-refractivity contribution in [1.29, 1.82) is 5.26 Å². The van der Waals surface area contributed by atoms with Crippen molar-refractivity contribution in [2.45, 2.75) is 18.9 Å². The van der Waals surface area contributed by atoms with Crippen LogP contribution in [0.15, 0.2) is 60.2 Å². The monoisotopic (exact) mass is 425 g/mol. The summed E-state index contributed by atoms with van der Waals surface area (Å²) in [5.74, 6) is 0.0859. The van der Waals surface area contributed by atoms with Crippen LogP contribution in [0.25, 0.3) is 0 Å². The summed E-state index contributed by atoms with van der Waals surface area (Å²) in [7, 11) is 1.65. The molecule has 1 saturated heterocycles. The van der Waals surface area contributed by atoms with Gasteiger partial charge in [-0.3, -0.25) is 4.79 Å². The summed E-state index contributed by atoms with van der Waals surface area (Å²) in [5.41, 5.74) is 0.888. The summed E-state index contributed by atoms with van der Waals surface area (Å²) in [6.45, 7) is 5.38. The van der Waals surface area contributed by atoms with E-state index in [0.717, 1.165) is 25.3 Å². The summed E-state index contributed by atoms with van der Waals surface area (Å²) in [6.07, 6.45) is 7.46. The molecule has 0 saturated carbocycles. The average molecular weight is 425 g/mol. The first-order chi connectivity index (χ1) is 15.1. The van der Waals surface area contributed by atoms with Crippen molar-refractivity contribution >= 4 is 5.91 Å². The number of nitrogens with zero attached hydrogens (tertiary/aromatic N) is 1. The number of benzene rings is 2. The van der Waals surface area contributed by atoms with Crippen LogP contribution in [0.1, 0.15) is 24.0 Å². The zero-order chi connectivity index (χ0) is 22.5. The first-order valence-electron chi connectivity index (χ1n) is 9.88. The number of ether oxygens (including phenoxy) is 1. The number of methoxy groups -OCH3 is 1. The van der Waals surface area contributed by atoms with Gasteiger partial charge in [0.05, 0.1) is 18.5 Å². The van der Waals surface area contributed by atoms with E-state index in [2.05, 4.69) is 29.7 Å². The summed E-state index contributed by atoms with van der Waals surface area (Å²) in [6, 6.07) is 16.3. The van der Waals surface area contributed by atoms with Gasteiger partial charge in [0.25, 0.3) is 0 Å². The smallest absolute Gasteiger partial charge is 0.522 e. The van der Waals surface area contributed by atoms with Crippen LogP contribution in [0.3, 0.4) is 0 Å². The van der Waals surface area contributed by atoms with Gasteiger partial charge in [0.15, 0.2) is 0 Å². The van der Waals surface area contributed by atoms with Crippen molar-refractivity contribution in [1.82, 2.24) is 10.6 Å². The number of hydrogen-bond donors (Lipinski definition) is 2. The van der Waals surface area contributed by atoms with Crippen LogP contribution in [0.5, 0.6) is 5.75 Å². The maximum Gasteiger partial charge on any atom is 1.00 e.